The first-order chi connectivity index (χ1) is 8.72. The molecule has 0 amide bonds. The number of hydrogen-bond acceptors (Lipinski definition) is 5. The summed E-state index contributed by atoms with van der Waals surface area (Å²) in [6.07, 6.45) is 0.917. The molecule has 0 aliphatic rings. The molecule has 5 heteroatoms. The Bertz CT molecular complexity index is 352. The number of nitrogen functional groups attached to an aromatic ring is 1. The summed E-state index contributed by atoms with van der Waals surface area (Å²) in [6.45, 7) is 3.66. The topological polar surface area (TPSA) is 79.0 Å². The van der Waals surface area contributed by atoms with Gasteiger partial charge in [0.2, 0.25) is 0 Å². The number of nitrogens with zero attached hydrogens (tertiary/aromatic N) is 1. The average Bonchev–Trinajstić information content (AvgIpc) is 2.38. The third-order valence-electron chi connectivity index (χ3n) is 2.56. The van der Waals surface area contributed by atoms with E-state index >= 15 is 0 Å². The molecule has 0 spiro atoms. The Labute approximate surface area is 108 Å². The quantitative estimate of drug-likeness (QED) is 0.599. The monoisotopic (exact) mass is 254 g/mol. The van der Waals surface area contributed by atoms with Gasteiger partial charge in [0.05, 0.1) is 25.5 Å². The zero-order valence-electron chi connectivity index (χ0n) is 10.8. The van der Waals surface area contributed by atoms with Crippen LogP contribution >= 0.6 is 0 Å². The highest BCUT2D eigenvalue weighted by atomic mass is 16.5. The van der Waals surface area contributed by atoms with Crippen molar-refractivity contribution in [1.82, 2.24) is 0 Å². The molecular formula is C13H22N2O3. The van der Waals surface area contributed by atoms with Crippen molar-refractivity contribution < 1.29 is 14.9 Å². The minimum atomic E-state index is 0.0372. The second-order valence-corrected chi connectivity index (χ2v) is 4.00. The molecule has 5 nitrogen and oxygen atoms in total. The summed E-state index contributed by atoms with van der Waals surface area (Å²) in [7, 11) is 0. The van der Waals surface area contributed by atoms with E-state index in [2.05, 4.69) is 0 Å². The highest BCUT2D eigenvalue weighted by Gasteiger charge is 2.08. The number of rotatable bonds is 8. The fourth-order valence-corrected chi connectivity index (χ4v) is 1.67. The standard InChI is InChI=1S/C13H22N2O3/c1-2-9-18-13-10-11(3-4-12(13)14)15(5-7-16)6-8-17/h3-4,10,16-17H,2,5-9,14H2,1H3. The summed E-state index contributed by atoms with van der Waals surface area (Å²) in [5, 5.41) is 18.0. The molecule has 1 rings (SSSR count). The van der Waals surface area contributed by atoms with E-state index in [1.807, 2.05) is 24.0 Å². The second-order valence-electron chi connectivity index (χ2n) is 4.00. The van der Waals surface area contributed by atoms with Crippen LogP contribution in [0.2, 0.25) is 0 Å². The van der Waals surface area contributed by atoms with Gasteiger partial charge in [-0.2, -0.15) is 0 Å². The number of ether oxygens (including phenoxy) is 1. The van der Waals surface area contributed by atoms with Crippen LogP contribution in [0.5, 0.6) is 5.75 Å². The maximum Gasteiger partial charge on any atom is 0.144 e. The summed E-state index contributed by atoms with van der Waals surface area (Å²) in [5.41, 5.74) is 7.32. The maximum atomic E-state index is 9.01. The van der Waals surface area contributed by atoms with Gasteiger partial charge in [0.25, 0.3) is 0 Å². The predicted molar refractivity (Wildman–Crippen MR) is 73.0 cm³/mol. The Hall–Kier alpha value is -1.46. The molecule has 0 saturated carbocycles. The van der Waals surface area contributed by atoms with Crippen LogP contribution in [-0.4, -0.2) is 43.1 Å². The first kappa shape index (κ1) is 14.6. The molecule has 102 valence electrons. The number of hydrogen-bond donors (Lipinski definition) is 3. The predicted octanol–water partition coefficient (Wildman–Crippen LogP) is 0.849. The minimum absolute atomic E-state index is 0.0372. The van der Waals surface area contributed by atoms with Gasteiger partial charge in [0.15, 0.2) is 0 Å². The van der Waals surface area contributed by atoms with Crippen LogP contribution in [0.25, 0.3) is 0 Å². The summed E-state index contributed by atoms with van der Waals surface area (Å²) in [6, 6.07) is 5.48. The molecular weight excluding hydrogens is 232 g/mol. The third-order valence-corrected chi connectivity index (χ3v) is 2.56. The van der Waals surface area contributed by atoms with Crippen molar-refractivity contribution in [3.63, 3.8) is 0 Å². The normalized spacial score (nSPS) is 10.4. The first-order valence-corrected chi connectivity index (χ1v) is 6.22. The summed E-state index contributed by atoms with van der Waals surface area (Å²) < 4.78 is 5.56. The smallest absolute Gasteiger partial charge is 0.144 e. The zero-order chi connectivity index (χ0) is 13.4. The number of aliphatic hydroxyl groups is 2. The molecule has 0 heterocycles. The van der Waals surface area contributed by atoms with Crippen LogP contribution in [0.3, 0.4) is 0 Å². The maximum absolute atomic E-state index is 9.01. The zero-order valence-corrected chi connectivity index (χ0v) is 10.8. The van der Waals surface area contributed by atoms with Gasteiger partial charge >= 0.3 is 0 Å². The Morgan fingerprint density at radius 1 is 1.22 bits per heavy atom. The highest BCUT2D eigenvalue weighted by Crippen LogP contribution is 2.27. The van der Waals surface area contributed by atoms with Gasteiger partial charge in [-0.3, -0.25) is 0 Å². The molecule has 0 aliphatic heterocycles. The van der Waals surface area contributed by atoms with Gasteiger partial charge in [0, 0.05) is 24.8 Å². The fourth-order valence-electron chi connectivity index (χ4n) is 1.67. The van der Waals surface area contributed by atoms with Crippen LogP contribution in [-0.2, 0) is 0 Å². The van der Waals surface area contributed by atoms with E-state index in [0.717, 1.165) is 12.1 Å². The van der Waals surface area contributed by atoms with Crippen LogP contribution in [0.1, 0.15) is 13.3 Å². The SMILES string of the molecule is CCCOc1cc(N(CCO)CCO)ccc1N. The third kappa shape index (κ3) is 4.09. The van der Waals surface area contributed by atoms with E-state index in [1.54, 1.807) is 6.07 Å². The molecule has 0 atom stereocenters. The lowest BCUT2D eigenvalue weighted by atomic mass is 10.2. The van der Waals surface area contributed by atoms with Gasteiger partial charge in [-0.05, 0) is 18.6 Å². The van der Waals surface area contributed by atoms with Crippen molar-refractivity contribution in [3.05, 3.63) is 18.2 Å². The fraction of sp³-hybridized carbons (Fsp3) is 0.538. The Morgan fingerprint density at radius 2 is 1.89 bits per heavy atom. The second kappa shape index (κ2) is 7.79. The molecule has 0 radical (unpaired) electrons. The van der Waals surface area contributed by atoms with Crippen molar-refractivity contribution in [1.29, 1.82) is 0 Å². The molecule has 0 fully saturated rings. The summed E-state index contributed by atoms with van der Waals surface area (Å²) in [4.78, 5) is 1.89. The minimum Gasteiger partial charge on any atom is -0.491 e. The van der Waals surface area contributed by atoms with Crippen molar-refractivity contribution in [2.75, 3.05) is 43.5 Å². The summed E-state index contributed by atoms with van der Waals surface area (Å²) >= 11 is 0. The van der Waals surface area contributed by atoms with E-state index in [-0.39, 0.29) is 13.2 Å². The molecule has 0 saturated heterocycles. The number of benzene rings is 1. The molecule has 0 aromatic heterocycles. The molecule has 18 heavy (non-hydrogen) atoms. The number of nitrogens with two attached hydrogens (primary N) is 1. The van der Waals surface area contributed by atoms with Crippen LogP contribution in [0.15, 0.2) is 18.2 Å². The lowest BCUT2D eigenvalue weighted by Crippen LogP contribution is -2.29. The highest BCUT2D eigenvalue weighted by molar-refractivity contribution is 5.62. The average molecular weight is 254 g/mol. The van der Waals surface area contributed by atoms with E-state index in [4.69, 9.17) is 20.7 Å². The first-order valence-electron chi connectivity index (χ1n) is 6.22. The molecule has 0 aliphatic carbocycles. The molecule has 4 N–H and O–H groups in total. The number of anilines is 2. The number of aliphatic hydroxyl groups excluding tert-OH is 2. The Balaban J connectivity index is 2.86. The Morgan fingerprint density at radius 3 is 2.44 bits per heavy atom. The summed E-state index contributed by atoms with van der Waals surface area (Å²) in [5.74, 6) is 0.648. The van der Waals surface area contributed by atoms with Crippen LogP contribution < -0.4 is 15.4 Å². The van der Waals surface area contributed by atoms with Crippen molar-refractivity contribution in [2.24, 2.45) is 0 Å². The molecule has 1 aromatic rings. The van der Waals surface area contributed by atoms with Crippen molar-refractivity contribution >= 4 is 11.4 Å². The van der Waals surface area contributed by atoms with Gasteiger partial charge in [-0.25, -0.2) is 0 Å². The van der Waals surface area contributed by atoms with E-state index in [1.165, 1.54) is 0 Å². The van der Waals surface area contributed by atoms with Crippen LogP contribution in [0, 0.1) is 0 Å². The van der Waals surface area contributed by atoms with E-state index in [0.29, 0.717) is 31.1 Å². The molecule has 0 unspecified atom stereocenters. The van der Waals surface area contributed by atoms with Gasteiger partial charge < -0.3 is 25.6 Å². The Kier molecular flexibility index (Phi) is 6.32. The lowest BCUT2D eigenvalue weighted by Gasteiger charge is -2.23. The van der Waals surface area contributed by atoms with Gasteiger partial charge in [0.1, 0.15) is 5.75 Å². The largest absolute Gasteiger partial charge is 0.491 e. The van der Waals surface area contributed by atoms with Crippen molar-refractivity contribution in [2.45, 2.75) is 13.3 Å². The molecule has 0 bridgehead atoms. The van der Waals surface area contributed by atoms with E-state index in [9.17, 15) is 0 Å². The molecule has 1 aromatic carbocycles. The van der Waals surface area contributed by atoms with E-state index < -0.39 is 0 Å². The van der Waals surface area contributed by atoms with Crippen LogP contribution in [0.4, 0.5) is 11.4 Å². The lowest BCUT2D eigenvalue weighted by molar-refractivity contribution is 0.281. The van der Waals surface area contributed by atoms with Gasteiger partial charge in [-0.15, -0.1) is 0 Å². The van der Waals surface area contributed by atoms with Crippen molar-refractivity contribution in [3.8, 4) is 5.75 Å². The van der Waals surface area contributed by atoms with Gasteiger partial charge in [-0.1, -0.05) is 6.92 Å².